The molecule has 1 N–H and O–H groups in total. The van der Waals surface area contributed by atoms with Gasteiger partial charge in [0.15, 0.2) is 0 Å². The molecule has 1 aromatic heterocycles. The second kappa shape index (κ2) is 6.79. The highest BCUT2D eigenvalue weighted by molar-refractivity contribution is 7.08. The van der Waals surface area contributed by atoms with Crippen molar-refractivity contribution in [2.24, 2.45) is 0 Å². The number of hydrogen-bond acceptors (Lipinski definition) is 4. The van der Waals surface area contributed by atoms with E-state index in [0.29, 0.717) is 19.5 Å². The SMILES string of the molecule is CC(=O)NC=Cc1cscc1CCOC=O. The van der Waals surface area contributed by atoms with Crippen molar-refractivity contribution in [2.75, 3.05) is 6.61 Å². The third-order valence-electron chi connectivity index (χ3n) is 1.88. The van der Waals surface area contributed by atoms with Crippen LogP contribution < -0.4 is 5.32 Å². The normalized spacial score (nSPS) is 10.3. The quantitative estimate of drug-likeness (QED) is 0.605. The van der Waals surface area contributed by atoms with E-state index in [9.17, 15) is 9.59 Å². The van der Waals surface area contributed by atoms with E-state index in [1.807, 2.05) is 16.8 Å². The van der Waals surface area contributed by atoms with Gasteiger partial charge in [0.05, 0.1) is 6.61 Å². The lowest BCUT2D eigenvalue weighted by Crippen LogP contribution is -2.11. The molecule has 86 valence electrons. The predicted octanol–water partition coefficient (Wildman–Crippen LogP) is 1.57. The van der Waals surface area contributed by atoms with Gasteiger partial charge in [-0.2, -0.15) is 11.3 Å². The zero-order chi connectivity index (χ0) is 11.8. The Balaban J connectivity index is 2.52. The average molecular weight is 239 g/mol. The first-order chi connectivity index (χ1) is 7.74. The largest absolute Gasteiger partial charge is 0.468 e. The van der Waals surface area contributed by atoms with E-state index in [-0.39, 0.29) is 5.91 Å². The molecule has 1 aromatic rings. The Morgan fingerprint density at radius 1 is 1.56 bits per heavy atom. The first-order valence-electron chi connectivity index (χ1n) is 4.78. The molecule has 0 saturated heterocycles. The number of carbonyl (C=O) groups excluding carboxylic acids is 2. The third kappa shape index (κ3) is 4.27. The Kier molecular flexibility index (Phi) is 5.28. The van der Waals surface area contributed by atoms with Gasteiger partial charge < -0.3 is 10.1 Å². The number of thiophene rings is 1. The van der Waals surface area contributed by atoms with Gasteiger partial charge in [0.1, 0.15) is 0 Å². The maximum Gasteiger partial charge on any atom is 0.293 e. The second-order valence-corrected chi connectivity index (χ2v) is 3.85. The van der Waals surface area contributed by atoms with Gasteiger partial charge in [0.2, 0.25) is 5.91 Å². The molecular formula is C11H13NO3S. The van der Waals surface area contributed by atoms with Crippen molar-refractivity contribution in [3.63, 3.8) is 0 Å². The summed E-state index contributed by atoms with van der Waals surface area (Å²) in [4.78, 5) is 20.6. The summed E-state index contributed by atoms with van der Waals surface area (Å²) >= 11 is 1.58. The molecule has 1 amide bonds. The van der Waals surface area contributed by atoms with Crippen LogP contribution in [0.3, 0.4) is 0 Å². The summed E-state index contributed by atoms with van der Waals surface area (Å²) in [6, 6.07) is 0. The van der Waals surface area contributed by atoms with E-state index < -0.39 is 0 Å². The van der Waals surface area contributed by atoms with Crippen molar-refractivity contribution < 1.29 is 14.3 Å². The number of amides is 1. The monoisotopic (exact) mass is 239 g/mol. The van der Waals surface area contributed by atoms with Crippen molar-refractivity contribution in [3.05, 3.63) is 28.1 Å². The van der Waals surface area contributed by atoms with Crippen molar-refractivity contribution in [3.8, 4) is 0 Å². The first kappa shape index (κ1) is 12.4. The molecule has 0 bridgehead atoms. The van der Waals surface area contributed by atoms with Gasteiger partial charge >= 0.3 is 0 Å². The Bertz CT molecular complexity index is 384. The molecule has 0 fully saturated rings. The van der Waals surface area contributed by atoms with E-state index >= 15 is 0 Å². The lowest BCUT2D eigenvalue weighted by atomic mass is 10.1. The van der Waals surface area contributed by atoms with Gasteiger partial charge in [-0.15, -0.1) is 0 Å². The fourth-order valence-electron chi connectivity index (χ4n) is 1.15. The number of rotatable bonds is 6. The zero-order valence-corrected chi connectivity index (χ0v) is 9.75. The molecular weight excluding hydrogens is 226 g/mol. The first-order valence-corrected chi connectivity index (χ1v) is 5.72. The molecule has 0 spiro atoms. The van der Waals surface area contributed by atoms with Crippen LogP contribution >= 0.6 is 11.3 Å². The number of nitrogens with one attached hydrogen (secondary N) is 1. The van der Waals surface area contributed by atoms with Gasteiger partial charge in [-0.05, 0) is 28.0 Å². The summed E-state index contributed by atoms with van der Waals surface area (Å²) in [6.45, 7) is 2.27. The molecule has 0 radical (unpaired) electrons. The molecule has 5 heteroatoms. The van der Waals surface area contributed by atoms with Gasteiger partial charge in [-0.3, -0.25) is 9.59 Å². The third-order valence-corrected chi connectivity index (χ3v) is 2.69. The summed E-state index contributed by atoms with van der Waals surface area (Å²) in [6.07, 6.45) is 4.12. The highest BCUT2D eigenvalue weighted by atomic mass is 32.1. The van der Waals surface area contributed by atoms with Crippen LogP contribution in [0.25, 0.3) is 6.08 Å². The zero-order valence-electron chi connectivity index (χ0n) is 8.93. The fraction of sp³-hybridized carbons (Fsp3) is 0.273. The number of ether oxygens (including phenoxy) is 1. The van der Waals surface area contributed by atoms with E-state index in [4.69, 9.17) is 0 Å². The summed E-state index contributed by atoms with van der Waals surface area (Å²) in [7, 11) is 0. The summed E-state index contributed by atoms with van der Waals surface area (Å²) < 4.78 is 4.63. The minimum Gasteiger partial charge on any atom is -0.468 e. The van der Waals surface area contributed by atoms with Crippen molar-refractivity contribution in [1.82, 2.24) is 5.32 Å². The Morgan fingerprint density at radius 2 is 2.38 bits per heavy atom. The van der Waals surface area contributed by atoms with Crippen LogP contribution in [-0.2, 0) is 20.7 Å². The molecule has 0 saturated carbocycles. The highest BCUT2D eigenvalue weighted by Gasteiger charge is 2.00. The molecule has 16 heavy (non-hydrogen) atoms. The summed E-state index contributed by atoms with van der Waals surface area (Å²) in [5.74, 6) is -0.0997. The van der Waals surface area contributed by atoms with E-state index in [1.54, 1.807) is 17.5 Å². The van der Waals surface area contributed by atoms with E-state index in [1.165, 1.54) is 6.92 Å². The molecule has 1 rings (SSSR count). The van der Waals surface area contributed by atoms with Crippen molar-refractivity contribution in [2.45, 2.75) is 13.3 Å². The van der Waals surface area contributed by atoms with Crippen LogP contribution in [0.1, 0.15) is 18.1 Å². The molecule has 0 aliphatic heterocycles. The van der Waals surface area contributed by atoms with Crippen LogP contribution in [-0.4, -0.2) is 19.0 Å². The standard InChI is InChI=1S/C11H13NO3S/c1-9(14)12-4-2-10-6-16-7-11(10)3-5-15-8-13/h2,4,6-8H,3,5H2,1H3,(H,12,14). The van der Waals surface area contributed by atoms with E-state index in [2.05, 4.69) is 10.1 Å². The Labute approximate surface area is 97.9 Å². The Hall–Kier alpha value is -1.62. The average Bonchev–Trinajstić information content (AvgIpc) is 2.66. The fourth-order valence-corrected chi connectivity index (χ4v) is 2.01. The lowest BCUT2D eigenvalue weighted by molar-refractivity contribution is -0.128. The maximum absolute atomic E-state index is 10.6. The van der Waals surface area contributed by atoms with Crippen LogP contribution in [0.5, 0.6) is 0 Å². The smallest absolute Gasteiger partial charge is 0.293 e. The molecule has 0 aliphatic carbocycles. The minimum atomic E-state index is -0.0997. The number of hydrogen-bond donors (Lipinski definition) is 1. The lowest BCUT2D eigenvalue weighted by Gasteiger charge is -1.99. The predicted molar refractivity (Wildman–Crippen MR) is 62.9 cm³/mol. The van der Waals surface area contributed by atoms with Crippen LogP contribution in [0.4, 0.5) is 0 Å². The van der Waals surface area contributed by atoms with Crippen LogP contribution in [0.2, 0.25) is 0 Å². The molecule has 0 atom stereocenters. The molecule has 0 unspecified atom stereocenters. The maximum atomic E-state index is 10.6. The Morgan fingerprint density at radius 3 is 3.06 bits per heavy atom. The number of carbonyl (C=O) groups is 2. The van der Waals surface area contributed by atoms with Gasteiger partial charge in [-0.25, -0.2) is 0 Å². The topological polar surface area (TPSA) is 55.4 Å². The minimum absolute atomic E-state index is 0.0997. The van der Waals surface area contributed by atoms with Gasteiger partial charge in [-0.1, -0.05) is 0 Å². The molecule has 0 aliphatic rings. The summed E-state index contributed by atoms with van der Waals surface area (Å²) in [5, 5.41) is 6.56. The summed E-state index contributed by atoms with van der Waals surface area (Å²) in [5.41, 5.74) is 2.14. The molecule has 1 heterocycles. The molecule has 4 nitrogen and oxygen atoms in total. The van der Waals surface area contributed by atoms with Crippen molar-refractivity contribution in [1.29, 1.82) is 0 Å². The van der Waals surface area contributed by atoms with E-state index in [0.717, 1.165) is 11.1 Å². The highest BCUT2D eigenvalue weighted by Crippen LogP contribution is 2.17. The van der Waals surface area contributed by atoms with Gasteiger partial charge in [0.25, 0.3) is 6.47 Å². The van der Waals surface area contributed by atoms with Gasteiger partial charge in [0, 0.05) is 19.5 Å². The molecule has 0 aromatic carbocycles. The van der Waals surface area contributed by atoms with Crippen LogP contribution in [0, 0.1) is 0 Å². The second-order valence-electron chi connectivity index (χ2n) is 3.10. The van der Waals surface area contributed by atoms with Crippen molar-refractivity contribution >= 4 is 29.8 Å². The van der Waals surface area contributed by atoms with Crippen LogP contribution in [0.15, 0.2) is 17.0 Å².